The van der Waals surface area contributed by atoms with Crippen molar-refractivity contribution in [2.75, 3.05) is 13.2 Å². The van der Waals surface area contributed by atoms with E-state index < -0.39 is 23.6 Å². The lowest BCUT2D eigenvalue weighted by molar-refractivity contribution is -0.154. The van der Waals surface area contributed by atoms with Gasteiger partial charge in [0.05, 0.1) is 18.8 Å². The van der Waals surface area contributed by atoms with Crippen molar-refractivity contribution in [1.29, 1.82) is 0 Å². The number of ether oxygens (including phenoxy) is 2. The first kappa shape index (κ1) is 17.1. The average Bonchev–Trinajstić information content (AvgIpc) is 2.38. The van der Waals surface area contributed by atoms with Gasteiger partial charge in [0, 0.05) is 6.20 Å². The van der Waals surface area contributed by atoms with Crippen molar-refractivity contribution in [2.45, 2.75) is 39.3 Å². The zero-order valence-corrected chi connectivity index (χ0v) is 12.9. The van der Waals surface area contributed by atoms with Gasteiger partial charge in [0.1, 0.15) is 11.6 Å². The normalized spacial score (nSPS) is 12.6. The van der Waals surface area contributed by atoms with E-state index in [0.717, 1.165) is 0 Å². The highest BCUT2D eigenvalue weighted by Crippen LogP contribution is 2.12. The number of esters is 2. The van der Waals surface area contributed by atoms with Gasteiger partial charge in [-0.1, -0.05) is 6.07 Å². The first-order valence-corrected chi connectivity index (χ1v) is 6.86. The van der Waals surface area contributed by atoms with Crippen LogP contribution in [0.4, 0.5) is 0 Å². The number of nitrogens with zero attached hydrogens (tertiary/aromatic N) is 1. The zero-order chi connectivity index (χ0) is 15.9. The van der Waals surface area contributed by atoms with Crippen LogP contribution in [-0.2, 0) is 19.1 Å². The fourth-order valence-corrected chi connectivity index (χ4v) is 1.64. The monoisotopic (exact) mass is 294 g/mol. The fourth-order valence-electron chi connectivity index (χ4n) is 1.64. The van der Waals surface area contributed by atoms with Gasteiger partial charge >= 0.3 is 11.9 Å². The van der Waals surface area contributed by atoms with Crippen LogP contribution in [-0.4, -0.2) is 35.7 Å². The SMILES string of the molecule is CCOC(=O)C(NCC(=O)OC(C)(C)C)c1ccccn1. The second-order valence-corrected chi connectivity index (χ2v) is 5.41. The number of pyridine rings is 1. The Bertz CT molecular complexity index is 468. The van der Waals surface area contributed by atoms with Crippen molar-refractivity contribution in [2.24, 2.45) is 0 Å². The maximum atomic E-state index is 12.0. The summed E-state index contributed by atoms with van der Waals surface area (Å²) in [6, 6.07) is 4.42. The minimum absolute atomic E-state index is 0.0999. The molecule has 1 atom stereocenters. The van der Waals surface area contributed by atoms with Gasteiger partial charge in [-0.15, -0.1) is 0 Å². The number of aromatic nitrogens is 1. The van der Waals surface area contributed by atoms with Gasteiger partial charge in [-0.2, -0.15) is 0 Å². The third-order valence-corrected chi connectivity index (χ3v) is 2.38. The minimum Gasteiger partial charge on any atom is -0.465 e. The van der Waals surface area contributed by atoms with E-state index in [1.54, 1.807) is 52.1 Å². The molecule has 116 valence electrons. The molecule has 1 aromatic heterocycles. The molecule has 0 amide bonds. The number of carbonyl (C=O) groups is 2. The van der Waals surface area contributed by atoms with Gasteiger partial charge in [-0.05, 0) is 39.8 Å². The maximum Gasteiger partial charge on any atom is 0.329 e. The molecule has 6 nitrogen and oxygen atoms in total. The quantitative estimate of drug-likeness (QED) is 0.803. The molecule has 0 aliphatic heterocycles. The van der Waals surface area contributed by atoms with Crippen LogP contribution in [0.25, 0.3) is 0 Å². The molecule has 0 bridgehead atoms. The number of hydrogen-bond acceptors (Lipinski definition) is 6. The Morgan fingerprint density at radius 1 is 1.33 bits per heavy atom. The van der Waals surface area contributed by atoms with Crippen LogP contribution < -0.4 is 5.32 Å². The van der Waals surface area contributed by atoms with Crippen LogP contribution in [0.3, 0.4) is 0 Å². The molecule has 0 saturated carbocycles. The lowest BCUT2D eigenvalue weighted by Crippen LogP contribution is -2.37. The predicted octanol–water partition coefficient (Wildman–Crippen LogP) is 1.62. The third-order valence-electron chi connectivity index (χ3n) is 2.38. The Hall–Kier alpha value is -1.95. The van der Waals surface area contributed by atoms with Crippen molar-refractivity contribution in [3.63, 3.8) is 0 Å². The number of hydrogen-bond donors (Lipinski definition) is 1. The predicted molar refractivity (Wildman–Crippen MR) is 77.5 cm³/mol. The molecular formula is C15H22N2O4. The average molecular weight is 294 g/mol. The molecule has 0 aliphatic rings. The summed E-state index contributed by atoms with van der Waals surface area (Å²) in [6.07, 6.45) is 1.58. The summed E-state index contributed by atoms with van der Waals surface area (Å²) in [5.41, 5.74) is -0.0667. The van der Waals surface area contributed by atoms with Crippen LogP contribution in [0, 0.1) is 0 Å². The summed E-state index contributed by atoms with van der Waals surface area (Å²) in [6.45, 7) is 7.24. The van der Waals surface area contributed by atoms with Crippen molar-refractivity contribution in [3.05, 3.63) is 30.1 Å². The highest BCUT2D eigenvalue weighted by molar-refractivity contribution is 5.78. The molecule has 0 aromatic carbocycles. The van der Waals surface area contributed by atoms with Gasteiger partial charge in [0.25, 0.3) is 0 Å². The molecule has 1 rings (SSSR count). The van der Waals surface area contributed by atoms with Gasteiger partial charge in [0.2, 0.25) is 0 Å². The molecule has 0 aliphatic carbocycles. The van der Waals surface area contributed by atoms with Gasteiger partial charge in [-0.3, -0.25) is 15.1 Å². The van der Waals surface area contributed by atoms with Crippen molar-refractivity contribution >= 4 is 11.9 Å². The van der Waals surface area contributed by atoms with E-state index in [4.69, 9.17) is 9.47 Å². The van der Waals surface area contributed by atoms with Crippen molar-refractivity contribution < 1.29 is 19.1 Å². The van der Waals surface area contributed by atoms with Crippen LogP contribution >= 0.6 is 0 Å². The molecule has 0 radical (unpaired) electrons. The standard InChI is InChI=1S/C15H22N2O4/c1-5-20-14(19)13(11-8-6-7-9-16-11)17-10-12(18)21-15(2,3)4/h6-9,13,17H,5,10H2,1-4H3. The summed E-state index contributed by atoms with van der Waals surface area (Å²) in [5, 5.41) is 2.83. The Labute approximate surface area is 124 Å². The summed E-state index contributed by atoms with van der Waals surface area (Å²) < 4.78 is 10.2. The Kier molecular flexibility index (Phi) is 6.30. The van der Waals surface area contributed by atoms with Crippen molar-refractivity contribution in [3.8, 4) is 0 Å². The molecule has 1 N–H and O–H groups in total. The Morgan fingerprint density at radius 3 is 2.57 bits per heavy atom. The van der Waals surface area contributed by atoms with Crippen LogP contribution in [0.5, 0.6) is 0 Å². The topological polar surface area (TPSA) is 77.5 Å². The Morgan fingerprint density at radius 2 is 2.05 bits per heavy atom. The molecular weight excluding hydrogens is 272 g/mol. The van der Waals surface area contributed by atoms with E-state index >= 15 is 0 Å². The molecule has 1 unspecified atom stereocenters. The summed E-state index contributed by atoms with van der Waals surface area (Å²) in [4.78, 5) is 27.8. The van der Waals surface area contributed by atoms with E-state index in [1.165, 1.54) is 0 Å². The maximum absolute atomic E-state index is 12.0. The molecule has 6 heteroatoms. The van der Waals surface area contributed by atoms with Gasteiger partial charge in [0.15, 0.2) is 0 Å². The summed E-state index contributed by atoms with van der Waals surface area (Å²) >= 11 is 0. The molecule has 0 fully saturated rings. The van der Waals surface area contributed by atoms with Crippen LogP contribution in [0.2, 0.25) is 0 Å². The second kappa shape index (κ2) is 7.73. The molecule has 1 aromatic rings. The van der Waals surface area contributed by atoms with Crippen LogP contribution in [0.1, 0.15) is 39.4 Å². The minimum atomic E-state index is -0.793. The largest absolute Gasteiger partial charge is 0.465 e. The molecule has 1 heterocycles. The van der Waals surface area contributed by atoms with E-state index in [9.17, 15) is 9.59 Å². The van der Waals surface area contributed by atoms with Gasteiger partial charge in [-0.25, -0.2) is 4.79 Å². The fraction of sp³-hybridized carbons (Fsp3) is 0.533. The highest BCUT2D eigenvalue weighted by Gasteiger charge is 2.25. The highest BCUT2D eigenvalue weighted by atomic mass is 16.6. The first-order valence-electron chi connectivity index (χ1n) is 6.86. The third kappa shape index (κ3) is 6.35. The molecule has 0 saturated heterocycles. The van der Waals surface area contributed by atoms with E-state index in [1.807, 2.05) is 0 Å². The second-order valence-electron chi connectivity index (χ2n) is 5.41. The molecule has 0 spiro atoms. The molecule has 21 heavy (non-hydrogen) atoms. The smallest absolute Gasteiger partial charge is 0.329 e. The Balaban J connectivity index is 2.71. The van der Waals surface area contributed by atoms with E-state index in [2.05, 4.69) is 10.3 Å². The first-order chi connectivity index (χ1) is 9.83. The van der Waals surface area contributed by atoms with E-state index in [0.29, 0.717) is 5.69 Å². The number of rotatable bonds is 6. The summed E-state index contributed by atoms with van der Waals surface area (Å²) in [5.74, 6) is -0.910. The van der Waals surface area contributed by atoms with Crippen LogP contribution in [0.15, 0.2) is 24.4 Å². The van der Waals surface area contributed by atoms with Crippen molar-refractivity contribution in [1.82, 2.24) is 10.3 Å². The van der Waals surface area contributed by atoms with Gasteiger partial charge < -0.3 is 9.47 Å². The summed E-state index contributed by atoms with van der Waals surface area (Å²) in [7, 11) is 0. The number of carbonyl (C=O) groups excluding carboxylic acids is 2. The van der Waals surface area contributed by atoms with E-state index in [-0.39, 0.29) is 13.2 Å². The zero-order valence-electron chi connectivity index (χ0n) is 12.9. The number of nitrogens with one attached hydrogen (secondary N) is 1. The lowest BCUT2D eigenvalue weighted by Gasteiger charge is -2.21. The lowest BCUT2D eigenvalue weighted by atomic mass is 10.2.